The van der Waals surface area contributed by atoms with E-state index in [2.05, 4.69) is 55.3 Å². The number of nitrogens with one attached hydrogen (secondary N) is 1. The summed E-state index contributed by atoms with van der Waals surface area (Å²) in [6.07, 6.45) is 4.30. The zero-order valence-electron chi connectivity index (χ0n) is 14.1. The quantitative estimate of drug-likeness (QED) is 0.910. The molecule has 2 aliphatic rings. The van der Waals surface area contributed by atoms with E-state index in [9.17, 15) is 4.79 Å². The van der Waals surface area contributed by atoms with Crippen molar-refractivity contribution in [3.05, 3.63) is 35.9 Å². The van der Waals surface area contributed by atoms with Gasteiger partial charge in [-0.3, -0.25) is 4.79 Å². The van der Waals surface area contributed by atoms with Crippen molar-refractivity contribution in [2.24, 2.45) is 0 Å². The first kappa shape index (κ1) is 15.5. The van der Waals surface area contributed by atoms with E-state index in [1.165, 1.54) is 5.56 Å². The fourth-order valence-corrected chi connectivity index (χ4v) is 4.08. The molecule has 1 unspecified atom stereocenters. The molecule has 1 aromatic carbocycles. The maximum absolute atomic E-state index is 13.5. The van der Waals surface area contributed by atoms with Crippen molar-refractivity contribution >= 4 is 5.91 Å². The van der Waals surface area contributed by atoms with Crippen molar-refractivity contribution in [3.8, 4) is 0 Å². The van der Waals surface area contributed by atoms with Crippen LogP contribution in [0.5, 0.6) is 0 Å². The molecule has 120 valence electrons. The van der Waals surface area contributed by atoms with Crippen molar-refractivity contribution in [1.29, 1.82) is 0 Å². The smallest absolute Gasteiger partial charge is 0.233 e. The van der Waals surface area contributed by atoms with Crippen LogP contribution in [0.3, 0.4) is 0 Å². The highest BCUT2D eigenvalue weighted by molar-refractivity contribution is 5.89. The average Bonchev–Trinajstić information content (AvgIpc) is 3.01. The van der Waals surface area contributed by atoms with Gasteiger partial charge in [-0.15, -0.1) is 0 Å². The number of carbonyl (C=O) groups excluding carboxylic acids is 1. The van der Waals surface area contributed by atoms with E-state index in [4.69, 9.17) is 0 Å². The molecule has 3 rings (SSSR count). The summed E-state index contributed by atoms with van der Waals surface area (Å²) in [6.45, 7) is 8.20. The minimum absolute atomic E-state index is 0.00134. The molecule has 1 saturated carbocycles. The monoisotopic (exact) mass is 300 g/mol. The number of nitrogens with zero attached hydrogens (tertiary/aromatic N) is 1. The van der Waals surface area contributed by atoms with Gasteiger partial charge in [0.2, 0.25) is 5.91 Å². The third-order valence-electron chi connectivity index (χ3n) is 5.43. The molecule has 1 N–H and O–H groups in total. The molecule has 1 aromatic rings. The van der Waals surface area contributed by atoms with Gasteiger partial charge in [0.25, 0.3) is 0 Å². The second kappa shape index (κ2) is 5.69. The van der Waals surface area contributed by atoms with Gasteiger partial charge in [0, 0.05) is 24.7 Å². The Labute approximate surface area is 134 Å². The van der Waals surface area contributed by atoms with Crippen molar-refractivity contribution in [2.75, 3.05) is 13.1 Å². The van der Waals surface area contributed by atoms with Crippen LogP contribution in [-0.2, 0) is 10.2 Å². The first-order valence-electron chi connectivity index (χ1n) is 8.56. The molecule has 22 heavy (non-hydrogen) atoms. The van der Waals surface area contributed by atoms with Gasteiger partial charge in [-0.1, -0.05) is 43.2 Å². The molecule has 0 spiro atoms. The third-order valence-corrected chi connectivity index (χ3v) is 5.43. The largest absolute Gasteiger partial charge is 0.336 e. The summed E-state index contributed by atoms with van der Waals surface area (Å²) < 4.78 is 0. The Balaban J connectivity index is 1.93. The lowest BCUT2D eigenvalue weighted by molar-refractivity contribution is -0.142. The number of hydrogen-bond donors (Lipinski definition) is 1. The maximum Gasteiger partial charge on any atom is 0.233 e. The van der Waals surface area contributed by atoms with Crippen LogP contribution in [0, 0.1) is 0 Å². The standard InChI is InChI=1S/C19H28N2O/c1-15-13-20-18(2,3)14-21(15)17(22)19(11-7-8-12-19)16-9-5-4-6-10-16/h4-6,9-10,15,20H,7-8,11-14H2,1-3H3. The second-order valence-corrected chi connectivity index (χ2v) is 7.70. The zero-order valence-corrected chi connectivity index (χ0v) is 14.1. The lowest BCUT2D eigenvalue weighted by Gasteiger charge is -2.46. The fourth-order valence-electron chi connectivity index (χ4n) is 4.08. The number of amides is 1. The van der Waals surface area contributed by atoms with E-state index in [1.807, 2.05) is 6.07 Å². The lowest BCUT2D eigenvalue weighted by Crippen LogP contribution is -2.64. The van der Waals surface area contributed by atoms with Gasteiger partial charge >= 0.3 is 0 Å². The van der Waals surface area contributed by atoms with E-state index in [1.54, 1.807) is 0 Å². The van der Waals surface area contributed by atoms with Crippen LogP contribution in [0.15, 0.2) is 30.3 Å². The van der Waals surface area contributed by atoms with Crippen LogP contribution in [0.1, 0.15) is 52.0 Å². The molecule has 1 saturated heterocycles. The molecule has 1 atom stereocenters. The SMILES string of the molecule is CC1CNC(C)(C)CN1C(=O)C1(c2ccccc2)CCCC1. The van der Waals surface area contributed by atoms with Crippen molar-refractivity contribution in [3.63, 3.8) is 0 Å². The Kier molecular flexibility index (Phi) is 4.02. The molecular weight excluding hydrogens is 272 g/mol. The average molecular weight is 300 g/mol. The van der Waals surface area contributed by atoms with Gasteiger partial charge in [0.15, 0.2) is 0 Å². The number of benzene rings is 1. The molecule has 1 heterocycles. The Bertz CT molecular complexity index is 532. The highest BCUT2D eigenvalue weighted by Gasteiger charge is 2.47. The van der Waals surface area contributed by atoms with Gasteiger partial charge in [0.1, 0.15) is 0 Å². The number of piperazine rings is 1. The molecule has 3 nitrogen and oxygen atoms in total. The Morgan fingerprint density at radius 2 is 1.82 bits per heavy atom. The van der Waals surface area contributed by atoms with Gasteiger partial charge in [-0.05, 0) is 39.2 Å². The minimum atomic E-state index is -0.289. The molecule has 0 aromatic heterocycles. The van der Waals surface area contributed by atoms with Gasteiger partial charge < -0.3 is 10.2 Å². The van der Waals surface area contributed by atoms with E-state index < -0.39 is 0 Å². The molecule has 0 bridgehead atoms. The van der Waals surface area contributed by atoms with Crippen LogP contribution in [0.4, 0.5) is 0 Å². The summed E-state index contributed by atoms with van der Waals surface area (Å²) in [7, 11) is 0. The summed E-state index contributed by atoms with van der Waals surface area (Å²) in [6, 6.07) is 10.7. The van der Waals surface area contributed by atoms with Crippen LogP contribution >= 0.6 is 0 Å². The molecule has 1 aliphatic carbocycles. The Hall–Kier alpha value is -1.35. The normalized spacial score (nSPS) is 26.9. The predicted molar refractivity (Wildman–Crippen MR) is 89.8 cm³/mol. The molecular formula is C19H28N2O. The molecule has 1 amide bonds. The number of rotatable bonds is 2. The first-order valence-corrected chi connectivity index (χ1v) is 8.56. The van der Waals surface area contributed by atoms with E-state index in [0.29, 0.717) is 5.91 Å². The maximum atomic E-state index is 13.5. The van der Waals surface area contributed by atoms with Gasteiger partial charge in [0.05, 0.1) is 5.41 Å². The highest BCUT2D eigenvalue weighted by atomic mass is 16.2. The lowest BCUT2D eigenvalue weighted by atomic mass is 9.76. The van der Waals surface area contributed by atoms with Gasteiger partial charge in [-0.25, -0.2) is 0 Å². The molecule has 3 heteroatoms. The predicted octanol–water partition coefficient (Wildman–Crippen LogP) is 3.10. The summed E-state index contributed by atoms with van der Waals surface area (Å²) in [4.78, 5) is 15.7. The van der Waals surface area contributed by atoms with Crippen LogP contribution < -0.4 is 5.32 Å². The second-order valence-electron chi connectivity index (χ2n) is 7.70. The summed E-state index contributed by atoms with van der Waals surface area (Å²) in [5.74, 6) is 0.346. The van der Waals surface area contributed by atoms with Crippen LogP contribution in [0.25, 0.3) is 0 Å². The van der Waals surface area contributed by atoms with E-state index >= 15 is 0 Å². The summed E-state index contributed by atoms with van der Waals surface area (Å²) >= 11 is 0. The van der Waals surface area contributed by atoms with E-state index in [-0.39, 0.29) is 17.0 Å². The van der Waals surface area contributed by atoms with Crippen molar-refractivity contribution in [2.45, 2.75) is 63.5 Å². The molecule has 2 fully saturated rings. The Morgan fingerprint density at radius 3 is 2.45 bits per heavy atom. The zero-order chi connectivity index (χ0) is 15.8. The topological polar surface area (TPSA) is 32.3 Å². The number of hydrogen-bond acceptors (Lipinski definition) is 2. The van der Waals surface area contributed by atoms with Crippen LogP contribution in [0.2, 0.25) is 0 Å². The van der Waals surface area contributed by atoms with Crippen molar-refractivity contribution < 1.29 is 4.79 Å². The van der Waals surface area contributed by atoms with E-state index in [0.717, 1.165) is 38.8 Å². The third kappa shape index (κ3) is 2.67. The summed E-state index contributed by atoms with van der Waals surface area (Å²) in [5, 5.41) is 3.54. The number of carbonyl (C=O) groups is 1. The summed E-state index contributed by atoms with van der Waals surface area (Å²) in [5.41, 5.74) is 0.919. The molecule has 0 radical (unpaired) electrons. The first-order chi connectivity index (χ1) is 10.4. The van der Waals surface area contributed by atoms with Crippen molar-refractivity contribution in [1.82, 2.24) is 10.2 Å². The molecule has 1 aliphatic heterocycles. The van der Waals surface area contributed by atoms with Gasteiger partial charge in [-0.2, -0.15) is 0 Å². The minimum Gasteiger partial charge on any atom is -0.336 e. The highest BCUT2D eigenvalue weighted by Crippen LogP contribution is 2.43. The fraction of sp³-hybridized carbons (Fsp3) is 0.632. The van der Waals surface area contributed by atoms with Crippen LogP contribution in [-0.4, -0.2) is 35.5 Å². The Morgan fingerprint density at radius 1 is 1.18 bits per heavy atom.